The molecule has 2 amide bonds. The highest BCUT2D eigenvalue weighted by Crippen LogP contribution is 2.44. The van der Waals surface area contributed by atoms with Gasteiger partial charge >= 0.3 is 12.1 Å². The van der Waals surface area contributed by atoms with Crippen LogP contribution in [0.25, 0.3) is 11.1 Å². The van der Waals surface area contributed by atoms with Gasteiger partial charge in [-0.1, -0.05) is 68.8 Å². The fourth-order valence-corrected chi connectivity index (χ4v) is 4.29. The molecule has 0 radical (unpaired) electrons. The highest BCUT2D eigenvalue weighted by molar-refractivity contribution is 5.79. The number of carbonyl (C=O) groups excluding carboxylic acids is 2. The molecule has 3 N–H and O–H groups in total. The van der Waals surface area contributed by atoms with Gasteiger partial charge in [-0.25, -0.2) is 4.79 Å². The molecule has 33 heavy (non-hydrogen) atoms. The van der Waals surface area contributed by atoms with Crippen molar-refractivity contribution in [2.75, 3.05) is 13.2 Å². The lowest BCUT2D eigenvalue weighted by molar-refractivity contribution is -0.137. The molecule has 176 valence electrons. The van der Waals surface area contributed by atoms with Gasteiger partial charge in [-0.3, -0.25) is 9.59 Å². The smallest absolute Gasteiger partial charge is 0.407 e. The van der Waals surface area contributed by atoms with E-state index in [2.05, 4.69) is 34.9 Å². The summed E-state index contributed by atoms with van der Waals surface area (Å²) in [4.78, 5) is 35.6. The van der Waals surface area contributed by atoms with E-state index in [1.165, 1.54) is 11.1 Å². The van der Waals surface area contributed by atoms with Crippen LogP contribution in [0.15, 0.2) is 48.5 Å². The van der Waals surface area contributed by atoms with Gasteiger partial charge in [0.15, 0.2) is 0 Å². The Bertz CT molecular complexity index is 945. The number of hydrogen-bond acceptors (Lipinski definition) is 4. The maximum absolute atomic E-state index is 12.4. The number of carboxylic acids is 1. The van der Waals surface area contributed by atoms with E-state index in [1.54, 1.807) is 0 Å². The fraction of sp³-hybridized carbons (Fsp3) is 0.423. The fourth-order valence-electron chi connectivity index (χ4n) is 4.29. The lowest BCUT2D eigenvalue weighted by atomic mass is 9.98. The minimum absolute atomic E-state index is 0.00360. The number of nitrogens with one attached hydrogen (secondary N) is 2. The number of rotatable bonds is 11. The maximum atomic E-state index is 12.4. The lowest BCUT2D eigenvalue weighted by Crippen LogP contribution is -2.38. The van der Waals surface area contributed by atoms with E-state index < -0.39 is 12.1 Å². The molecule has 2 aromatic rings. The van der Waals surface area contributed by atoms with Crippen LogP contribution in [0.1, 0.15) is 56.6 Å². The second-order valence-corrected chi connectivity index (χ2v) is 8.46. The van der Waals surface area contributed by atoms with Gasteiger partial charge < -0.3 is 20.5 Å². The van der Waals surface area contributed by atoms with Crippen molar-refractivity contribution >= 4 is 18.0 Å². The zero-order chi connectivity index (χ0) is 23.8. The van der Waals surface area contributed by atoms with Crippen molar-refractivity contribution in [2.45, 2.75) is 51.5 Å². The largest absolute Gasteiger partial charge is 0.481 e. The van der Waals surface area contributed by atoms with Crippen LogP contribution >= 0.6 is 0 Å². The van der Waals surface area contributed by atoms with Crippen molar-refractivity contribution < 1.29 is 24.2 Å². The van der Waals surface area contributed by atoms with Crippen molar-refractivity contribution in [1.82, 2.24) is 10.6 Å². The normalized spacial score (nSPS) is 14.0. The zero-order valence-electron chi connectivity index (χ0n) is 19.2. The van der Waals surface area contributed by atoms with Gasteiger partial charge in [-0.2, -0.15) is 0 Å². The number of amides is 2. The summed E-state index contributed by atoms with van der Waals surface area (Å²) in [7, 11) is 0. The zero-order valence-corrected chi connectivity index (χ0v) is 19.2. The molecule has 1 aliphatic rings. The molecule has 0 bridgehead atoms. The molecule has 0 aliphatic heterocycles. The molecule has 0 fully saturated rings. The third kappa shape index (κ3) is 6.34. The second kappa shape index (κ2) is 11.5. The number of aliphatic carboxylic acids is 1. The van der Waals surface area contributed by atoms with Crippen molar-refractivity contribution in [3.63, 3.8) is 0 Å². The van der Waals surface area contributed by atoms with Crippen LogP contribution in [0, 0.1) is 5.92 Å². The first-order valence-corrected chi connectivity index (χ1v) is 11.5. The summed E-state index contributed by atoms with van der Waals surface area (Å²) in [5.74, 6) is -1.21. The first-order chi connectivity index (χ1) is 15.9. The Hall–Kier alpha value is -3.35. The van der Waals surface area contributed by atoms with Crippen LogP contribution in [0.4, 0.5) is 4.79 Å². The average Bonchev–Trinajstić information content (AvgIpc) is 3.13. The van der Waals surface area contributed by atoms with Crippen LogP contribution in [0.2, 0.25) is 0 Å². The van der Waals surface area contributed by atoms with Crippen molar-refractivity contribution in [3.8, 4) is 11.1 Å². The van der Waals surface area contributed by atoms with Gasteiger partial charge in [0.25, 0.3) is 0 Å². The minimum Gasteiger partial charge on any atom is -0.481 e. The monoisotopic (exact) mass is 452 g/mol. The summed E-state index contributed by atoms with van der Waals surface area (Å²) < 4.78 is 5.55. The summed E-state index contributed by atoms with van der Waals surface area (Å²) in [5.41, 5.74) is 4.66. The quantitative estimate of drug-likeness (QED) is 0.471. The Labute approximate surface area is 194 Å². The van der Waals surface area contributed by atoms with Crippen molar-refractivity contribution in [2.24, 2.45) is 5.92 Å². The third-order valence-electron chi connectivity index (χ3n) is 6.21. The van der Waals surface area contributed by atoms with E-state index in [9.17, 15) is 14.4 Å². The Morgan fingerprint density at radius 3 is 2.09 bits per heavy atom. The molecule has 7 heteroatoms. The molecular weight excluding hydrogens is 420 g/mol. The van der Waals surface area contributed by atoms with Crippen LogP contribution in [0.5, 0.6) is 0 Å². The van der Waals surface area contributed by atoms with E-state index in [4.69, 9.17) is 9.84 Å². The van der Waals surface area contributed by atoms with Gasteiger partial charge in [0, 0.05) is 24.9 Å². The van der Waals surface area contributed by atoms with E-state index in [0.29, 0.717) is 19.4 Å². The molecule has 0 heterocycles. The first-order valence-electron chi connectivity index (χ1n) is 11.5. The lowest BCUT2D eigenvalue weighted by Gasteiger charge is -2.19. The Kier molecular flexibility index (Phi) is 8.46. The number of fused-ring (bicyclic) bond motifs is 3. The summed E-state index contributed by atoms with van der Waals surface area (Å²) in [6, 6.07) is 15.9. The summed E-state index contributed by atoms with van der Waals surface area (Å²) in [6.45, 7) is 4.34. The van der Waals surface area contributed by atoms with Crippen LogP contribution in [0.3, 0.4) is 0 Å². The Morgan fingerprint density at radius 1 is 0.939 bits per heavy atom. The Balaban J connectivity index is 1.49. The second-order valence-electron chi connectivity index (χ2n) is 8.46. The number of benzene rings is 2. The van der Waals surface area contributed by atoms with Gasteiger partial charge in [0.1, 0.15) is 6.61 Å². The molecule has 0 saturated heterocycles. The van der Waals surface area contributed by atoms with Crippen LogP contribution in [-0.2, 0) is 14.3 Å². The number of alkyl carbamates (subject to hydrolysis) is 1. The SMILES string of the molecule is CCC(CNC(=O)OCC1c2ccccc2-c2ccccc21)CC(=O)NC(CC)CC(=O)O. The molecule has 0 aromatic heterocycles. The van der Waals surface area contributed by atoms with Crippen LogP contribution in [-0.4, -0.2) is 42.3 Å². The van der Waals surface area contributed by atoms with Gasteiger partial charge in [0.05, 0.1) is 6.42 Å². The molecule has 7 nitrogen and oxygen atoms in total. The maximum Gasteiger partial charge on any atom is 0.407 e. The number of carbonyl (C=O) groups is 3. The molecule has 2 atom stereocenters. The van der Waals surface area contributed by atoms with Crippen molar-refractivity contribution in [3.05, 3.63) is 59.7 Å². The summed E-state index contributed by atoms with van der Waals surface area (Å²) >= 11 is 0. The highest BCUT2D eigenvalue weighted by atomic mass is 16.5. The molecule has 3 rings (SSSR count). The molecular formula is C26H32N2O5. The van der Waals surface area contributed by atoms with Gasteiger partial charge in [-0.15, -0.1) is 0 Å². The molecule has 2 aromatic carbocycles. The topological polar surface area (TPSA) is 105 Å². The number of ether oxygens (including phenoxy) is 1. The van der Waals surface area contributed by atoms with Crippen LogP contribution < -0.4 is 10.6 Å². The Morgan fingerprint density at radius 2 is 1.55 bits per heavy atom. The van der Waals surface area contributed by atoms with Gasteiger partial charge in [-0.05, 0) is 34.6 Å². The predicted molar refractivity (Wildman–Crippen MR) is 126 cm³/mol. The van der Waals surface area contributed by atoms with E-state index in [1.807, 2.05) is 38.1 Å². The van der Waals surface area contributed by atoms with Crippen molar-refractivity contribution in [1.29, 1.82) is 0 Å². The third-order valence-corrected chi connectivity index (χ3v) is 6.21. The number of hydrogen-bond donors (Lipinski definition) is 3. The van der Waals surface area contributed by atoms with E-state index >= 15 is 0 Å². The van der Waals surface area contributed by atoms with E-state index in [-0.39, 0.29) is 43.2 Å². The highest BCUT2D eigenvalue weighted by Gasteiger charge is 2.29. The average molecular weight is 453 g/mol. The number of carboxylic acid groups (broad SMARTS) is 1. The first kappa shape index (κ1) is 24.3. The molecule has 0 saturated carbocycles. The summed E-state index contributed by atoms with van der Waals surface area (Å²) in [5, 5.41) is 14.5. The van der Waals surface area contributed by atoms with E-state index in [0.717, 1.165) is 11.1 Å². The summed E-state index contributed by atoms with van der Waals surface area (Å²) in [6.07, 6.45) is 0.862. The minimum atomic E-state index is -0.939. The molecule has 0 spiro atoms. The predicted octanol–water partition coefficient (Wildman–Crippen LogP) is 4.31. The molecule has 1 aliphatic carbocycles. The molecule has 2 unspecified atom stereocenters. The standard InChI is InChI=1S/C26H32N2O5/c1-3-17(13-24(29)28-18(4-2)14-25(30)31)15-27-26(32)33-16-23-21-11-7-5-9-19(21)20-10-6-8-12-22(20)23/h5-12,17-18,23H,3-4,13-16H2,1-2H3,(H,27,32)(H,28,29)(H,30,31). The van der Waals surface area contributed by atoms with Gasteiger partial charge in [0.2, 0.25) is 5.91 Å².